The second kappa shape index (κ2) is 37.4. The quantitative estimate of drug-likeness (QED) is 0.0868. The fourth-order valence-corrected chi connectivity index (χ4v) is 5.42. The van der Waals surface area contributed by atoms with E-state index in [1.807, 2.05) is 4.90 Å². The second-order valence-corrected chi connectivity index (χ2v) is 12.3. The molecule has 0 saturated heterocycles. The van der Waals surface area contributed by atoms with E-state index in [-0.39, 0.29) is 6.42 Å². The van der Waals surface area contributed by atoms with E-state index in [0.29, 0.717) is 0 Å². The summed E-state index contributed by atoms with van der Waals surface area (Å²) < 4.78 is 0. The minimum absolute atomic E-state index is 0.232. The number of carbonyl (C=O) groups is 1. The van der Waals surface area contributed by atoms with Gasteiger partial charge in [0.1, 0.15) is 0 Å². The summed E-state index contributed by atoms with van der Waals surface area (Å²) in [5, 5.41) is 10.1. The van der Waals surface area contributed by atoms with E-state index in [4.69, 9.17) is 0 Å². The Labute approximate surface area is 247 Å². The largest absolute Gasteiger partial charge is 0.550 e. The zero-order chi connectivity index (χ0) is 29.1. The van der Waals surface area contributed by atoms with Crippen molar-refractivity contribution in [1.29, 1.82) is 0 Å². The summed E-state index contributed by atoms with van der Waals surface area (Å²) >= 11 is 0. The molecule has 0 aliphatic carbocycles. The highest BCUT2D eigenvalue weighted by molar-refractivity contribution is 5.64. The number of hydrogen-bond acceptors (Lipinski definition) is 2. The van der Waals surface area contributed by atoms with Gasteiger partial charge in [-0.3, -0.25) is 0 Å². The molecular weight excluding hydrogens is 478 g/mol. The van der Waals surface area contributed by atoms with Gasteiger partial charge in [-0.25, -0.2) is 0 Å². The van der Waals surface area contributed by atoms with Crippen LogP contribution < -0.4 is 10.0 Å². The highest BCUT2D eigenvalue weighted by Gasteiger charge is 2.08. The van der Waals surface area contributed by atoms with Gasteiger partial charge in [0.15, 0.2) is 0 Å². The molecule has 3 heteroatoms. The molecule has 0 amide bonds. The summed E-state index contributed by atoms with van der Waals surface area (Å²) in [6.45, 7) is 13.5. The van der Waals surface area contributed by atoms with Gasteiger partial charge in [-0.1, -0.05) is 156 Å². The molecular formula is C36H75NO2. The lowest BCUT2D eigenvalue weighted by atomic mass is 10.1. The number of quaternary nitrogens is 1. The normalized spacial score (nSPS) is 11.1. The van der Waals surface area contributed by atoms with Crippen molar-refractivity contribution < 1.29 is 14.8 Å². The van der Waals surface area contributed by atoms with Crippen LogP contribution in [0.5, 0.6) is 0 Å². The van der Waals surface area contributed by atoms with Crippen molar-refractivity contribution in [2.45, 2.75) is 207 Å². The van der Waals surface area contributed by atoms with E-state index in [0.717, 1.165) is 12.8 Å². The van der Waals surface area contributed by atoms with Crippen LogP contribution in [0.25, 0.3) is 0 Å². The molecule has 0 heterocycles. The molecule has 0 unspecified atom stereocenters. The first-order chi connectivity index (χ1) is 19.1. The van der Waals surface area contributed by atoms with E-state index in [2.05, 4.69) is 27.7 Å². The molecule has 3 nitrogen and oxygen atoms in total. The van der Waals surface area contributed by atoms with Crippen LogP contribution in [0.15, 0.2) is 0 Å². The van der Waals surface area contributed by atoms with E-state index < -0.39 is 5.97 Å². The summed E-state index contributed by atoms with van der Waals surface area (Å²) in [7, 11) is 0. The van der Waals surface area contributed by atoms with Gasteiger partial charge in [0.05, 0.1) is 19.6 Å². The van der Waals surface area contributed by atoms with Crippen LogP contribution >= 0.6 is 0 Å². The molecule has 0 fully saturated rings. The van der Waals surface area contributed by atoms with E-state index in [1.54, 1.807) is 0 Å². The summed E-state index contributed by atoms with van der Waals surface area (Å²) in [6.07, 6.45) is 37.2. The first-order valence-electron chi connectivity index (χ1n) is 18.2. The van der Waals surface area contributed by atoms with Gasteiger partial charge in [-0.05, 0) is 51.4 Å². The maximum Gasteiger partial charge on any atom is 0.0770 e. The van der Waals surface area contributed by atoms with Gasteiger partial charge in [0.2, 0.25) is 0 Å². The predicted molar refractivity (Wildman–Crippen MR) is 173 cm³/mol. The van der Waals surface area contributed by atoms with Gasteiger partial charge in [-0.15, -0.1) is 0 Å². The standard InChI is InChI=1S/C24H51N.C12H24O2/c1-4-7-10-13-16-19-22-25(23-20-17-14-11-8-5-2)24-21-18-15-12-9-6-3;1-2-3-4-5-6-7-8-9-10-11-12(13)14/h4-24H2,1-3H3;2-11H2,1H3,(H,13,14). The van der Waals surface area contributed by atoms with Gasteiger partial charge in [0.25, 0.3) is 0 Å². The van der Waals surface area contributed by atoms with Crippen molar-refractivity contribution >= 4 is 5.97 Å². The van der Waals surface area contributed by atoms with Crippen LogP contribution in [0.1, 0.15) is 207 Å². The number of unbranched alkanes of at least 4 members (excludes halogenated alkanes) is 23. The lowest BCUT2D eigenvalue weighted by Gasteiger charge is -2.20. The van der Waals surface area contributed by atoms with Crippen LogP contribution in [0, 0.1) is 0 Å². The number of nitrogens with one attached hydrogen (secondary N) is 1. The van der Waals surface area contributed by atoms with Crippen molar-refractivity contribution in [3.8, 4) is 0 Å². The lowest BCUT2D eigenvalue weighted by molar-refractivity contribution is -0.900. The van der Waals surface area contributed by atoms with Crippen LogP contribution in [0.2, 0.25) is 0 Å². The Kier molecular flexibility index (Phi) is 38.9. The molecule has 0 aromatic heterocycles. The monoisotopic (exact) mass is 554 g/mol. The Morgan fingerprint density at radius 1 is 0.385 bits per heavy atom. The molecule has 0 aromatic carbocycles. The smallest absolute Gasteiger partial charge is 0.0770 e. The topological polar surface area (TPSA) is 44.6 Å². The molecule has 236 valence electrons. The van der Waals surface area contributed by atoms with Crippen LogP contribution in [-0.2, 0) is 4.79 Å². The second-order valence-electron chi connectivity index (χ2n) is 12.3. The van der Waals surface area contributed by atoms with E-state index in [9.17, 15) is 9.90 Å². The van der Waals surface area contributed by atoms with Crippen molar-refractivity contribution in [1.82, 2.24) is 0 Å². The fraction of sp³-hybridized carbons (Fsp3) is 0.972. The number of hydrogen-bond donors (Lipinski definition) is 1. The zero-order valence-corrected chi connectivity index (χ0v) is 27.7. The minimum atomic E-state index is -0.909. The average Bonchev–Trinajstić information content (AvgIpc) is 2.93. The third-order valence-electron chi connectivity index (χ3n) is 8.14. The number of rotatable bonds is 31. The van der Waals surface area contributed by atoms with E-state index in [1.165, 1.54) is 180 Å². The highest BCUT2D eigenvalue weighted by atomic mass is 16.4. The van der Waals surface area contributed by atoms with E-state index >= 15 is 0 Å². The van der Waals surface area contributed by atoms with Crippen molar-refractivity contribution in [3.63, 3.8) is 0 Å². The number of carbonyl (C=O) groups excluding carboxylic acids is 1. The maximum absolute atomic E-state index is 10.1. The first-order valence-corrected chi connectivity index (χ1v) is 18.2. The number of carboxylic acid groups (broad SMARTS) is 1. The SMILES string of the molecule is CCCCCCCCCCCC(=O)[O-].CCCCCCCC[NH+](CCCCCCCC)CCCCCCCC. The van der Waals surface area contributed by atoms with Crippen LogP contribution in [0.4, 0.5) is 0 Å². The van der Waals surface area contributed by atoms with Crippen LogP contribution in [-0.4, -0.2) is 25.6 Å². The summed E-state index contributed by atoms with van der Waals surface area (Å²) in [6, 6.07) is 0. The summed E-state index contributed by atoms with van der Waals surface area (Å²) in [5.74, 6) is -0.909. The first kappa shape index (κ1) is 40.6. The van der Waals surface area contributed by atoms with Gasteiger partial charge < -0.3 is 14.8 Å². The Balaban J connectivity index is 0. The Morgan fingerprint density at radius 3 is 0.872 bits per heavy atom. The fourth-order valence-electron chi connectivity index (χ4n) is 5.42. The molecule has 0 aliphatic rings. The molecule has 0 saturated carbocycles. The Morgan fingerprint density at radius 2 is 0.615 bits per heavy atom. The van der Waals surface area contributed by atoms with Gasteiger partial charge in [0, 0.05) is 5.97 Å². The molecule has 0 aromatic rings. The zero-order valence-electron chi connectivity index (χ0n) is 27.7. The maximum atomic E-state index is 10.1. The molecule has 0 bridgehead atoms. The average molecular weight is 554 g/mol. The molecule has 0 aliphatic heterocycles. The minimum Gasteiger partial charge on any atom is -0.550 e. The predicted octanol–water partition coefficient (Wildman–Crippen LogP) is 9.61. The number of carboxylic acids is 1. The summed E-state index contributed by atoms with van der Waals surface area (Å²) in [4.78, 5) is 12.0. The highest BCUT2D eigenvalue weighted by Crippen LogP contribution is 2.10. The lowest BCUT2D eigenvalue weighted by Crippen LogP contribution is -3.12. The summed E-state index contributed by atoms with van der Waals surface area (Å²) in [5.41, 5.74) is 0. The molecule has 1 N–H and O–H groups in total. The third-order valence-corrected chi connectivity index (χ3v) is 8.14. The van der Waals surface area contributed by atoms with Crippen molar-refractivity contribution in [3.05, 3.63) is 0 Å². The molecule has 0 spiro atoms. The third kappa shape index (κ3) is 39.6. The Bertz CT molecular complexity index is 402. The van der Waals surface area contributed by atoms with Crippen LogP contribution in [0.3, 0.4) is 0 Å². The molecule has 0 rings (SSSR count). The molecule has 0 atom stereocenters. The number of aliphatic carboxylic acids is 1. The van der Waals surface area contributed by atoms with Crippen molar-refractivity contribution in [2.75, 3.05) is 19.6 Å². The van der Waals surface area contributed by atoms with Crippen molar-refractivity contribution in [2.24, 2.45) is 0 Å². The molecule has 39 heavy (non-hydrogen) atoms. The van der Waals surface area contributed by atoms with Gasteiger partial charge in [-0.2, -0.15) is 0 Å². The molecule has 0 radical (unpaired) electrons. The van der Waals surface area contributed by atoms with Gasteiger partial charge >= 0.3 is 0 Å². The Hall–Kier alpha value is -0.570.